The molecule has 0 aliphatic heterocycles. The summed E-state index contributed by atoms with van der Waals surface area (Å²) in [5, 5.41) is 5.94. The number of methoxy groups -OCH3 is 1. The van der Waals surface area contributed by atoms with Gasteiger partial charge in [-0.05, 0) is 48.5 Å². The Hall–Kier alpha value is -2.27. The van der Waals surface area contributed by atoms with Crippen LogP contribution in [-0.4, -0.2) is 16.9 Å². The number of ether oxygens (including phenoxy) is 1. The maximum absolute atomic E-state index is 5.22. The van der Waals surface area contributed by atoms with Gasteiger partial charge in [0.2, 0.25) is 0 Å². The molecule has 0 N–H and O–H groups in total. The summed E-state index contributed by atoms with van der Waals surface area (Å²) in [5.74, 6) is 1.93. The first-order valence-electron chi connectivity index (χ1n) is 8.02. The van der Waals surface area contributed by atoms with E-state index in [1.165, 1.54) is 10.5 Å². The van der Waals surface area contributed by atoms with Gasteiger partial charge in [0.1, 0.15) is 12.3 Å². The van der Waals surface area contributed by atoms with E-state index in [-0.39, 0.29) is 0 Å². The molecule has 0 saturated carbocycles. The number of aromatic nitrogens is 3. The Balaban J connectivity index is 1.86. The van der Waals surface area contributed by atoms with Gasteiger partial charge >= 0.3 is 5.16 Å². The van der Waals surface area contributed by atoms with Gasteiger partial charge in [-0.3, -0.25) is 0 Å². The van der Waals surface area contributed by atoms with Crippen LogP contribution < -0.4 is 9.30 Å². The molecule has 0 fully saturated rings. The fourth-order valence-corrected chi connectivity index (χ4v) is 3.56. The van der Waals surface area contributed by atoms with Crippen molar-refractivity contribution in [3.05, 3.63) is 66.0 Å². The molecule has 0 spiro atoms. The molecule has 0 unspecified atom stereocenters. The molecule has 3 rings (SSSR count). The molecule has 0 amide bonds. The van der Waals surface area contributed by atoms with Crippen LogP contribution in [0.15, 0.2) is 64.6 Å². The van der Waals surface area contributed by atoms with Crippen LogP contribution >= 0.6 is 11.8 Å². The first-order chi connectivity index (χ1) is 11.7. The predicted molar refractivity (Wildman–Crippen MR) is 95.4 cm³/mol. The van der Waals surface area contributed by atoms with Crippen molar-refractivity contribution in [3.63, 3.8) is 0 Å². The molecule has 1 aromatic heterocycles. The Morgan fingerprint density at radius 2 is 1.79 bits per heavy atom. The zero-order valence-electron chi connectivity index (χ0n) is 14.3. The van der Waals surface area contributed by atoms with Gasteiger partial charge in [-0.1, -0.05) is 30.3 Å². The number of hydrogen-bond acceptors (Lipinski definition) is 3. The molecule has 5 heteroatoms. The quantitative estimate of drug-likeness (QED) is 0.644. The van der Waals surface area contributed by atoms with Crippen LogP contribution in [0.2, 0.25) is 0 Å². The number of rotatable bonds is 6. The number of nitrogens with zero attached hydrogens (tertiary/aromatic N) is 3. The molecule has 124 valence electrons. The normalized spacial score (nSPS) is 10.8. The second kappa shape index (κ2) is 7.53. The van der Waals surface area contributed by atoms with Gasteiger partial charge in [0.05, 0.1) is 20.6 Å². The minimum absolute atomic E-state index is 0.801. The molecule has 0 atom stereocenters. The van der Waals surface area contributed by atoms with Crippen molar-refractivity contribution in [1.29, 1.82) is 0 Å². The van der Waals surface area contributed by atoms with E-state index >= 15 is 0 Å². The van der Waals surface area contributed by atoms with Crippen molar-refractivity contribution in [2.45, 2.75) is 29.9 Å². The molecule has 0 saturated heterocycles. The summed E-state index contributed by atoms with van der Waals surface area (Å²) in [7, 11) is 3.77. The van der Waals surface area contributed by atoms with E-state index in [2.05, 4.69) is 59.6 Å². The van der Waals surface area contributed by atoms with Crippen molar-refractivity contribution in [1.82, 2.24) is 9.78 Å². The van der Waals surface area contributed by atoms with Crippen LogP contribution in [0.5, 0.6) is 5.75 Å². The van der Waals surface area contributed by atoms with Crippen molar-refractivity contribution < 1.29 is 9.30 Å². The topological polar surface area (TPSA) is 30.9 Å². The molecule has 2 aromatic carbocycles. The molecule has 4 nitrogen and oxygen atoms in total. The fourth-order valence-electron chi connectivity index (χ4n) is 2.53. The first kappa shape index (κ1) is 16.6. The molecule has 3 aromatic rings. The second-order valence-electron chi connectivity index (χ2n) is 5.51. The molecule has 24 heavy (non-hydrogen) atoms. The van der Waals surface area contributed by atoms with E-state index in [1.54, 1.807) is 18.9 Å². The van der Waals surface area contributed by atoms with E-state index < -0.39 is 0 Å². The lowest BCUT2D eigenvalue weighted by Gasteiger charge is -2.01. The Morgan fingerprint density at radius 3 is 2.42 bits per heavy atom. The Kier molecular flexibility index (Phi) is 5.20. The monoisotopic (exact) mass is 340 g/mol. The molecule has 1 heterocycles. The summed E-state index contributed by atoms with van der Waals surface area (Å²) in [4.78, 5) is 1.22. The summed E-state index contributed by atoms with van der Waals surface area (Å²) < 4.78 is 9.47. The number of aryl methyl sites for hydroxylation is 1. The minimum atomic E-state index is 0.801. The summed E-state index contributed by atoms with van der Waals surface area (Å²) in [5.41, 5.74) is 1.23. The molecule has 0 bridgehead atoms. The van der Waals surface area contributed by atoms with Gasteiger partial charge in [0.15, 0.2) is 0 Å². The molecule has 0 aliphatic carbocycles. The summed E-state index contributed by atoms with van der Waals surface area (Å²) in [6.45, 7) is 2.98. The highest BCUT2D eigenvalue weighted by atomic mass is 32.2. The Morgan fingerprint density at radius 1 is 1.08 bits per heavy atom. The van der Waals surface area contributed by atoms with E-state index in [0.717, 1.165) is 29.7 Å². The maximum atomic E-state index is 5.22. The van der Waals surface area contributed by atoms with Crippen LogP contribution in [-0.2, 0) is 20.0 Å². The van der Waals surface area contributed by atoms with Crippen LogP contribution in [0.4, 0.5) is 0 Å². The average molecular weight is 340 g/mol. The Bertz CT molecular complexity index is 797. The van der Waals surface area contributed by atoms with E-state index in [0.29, 0.717) is 0 Å². The van der Waals surface area contributed by atoms with Gasteiger partial charge < -0.3 is 4.74 Å². The molecular formula is C19H22N3OS+. The van der Waals surface area contributed by atoms with Crippen LogP contribution in [0.1, 0.15) is 18.3 Å². The molecule has 0 radical (unpaired) electrons. The zero-order chi connectivity index (χ0) is 16.9. The summed E-state index contributed by atoms with van der Waals surface area (Å²) in [6, 6.07) is 18.6. The van der Waals surface area contributed by atoms with E-state index in [1.807, 2.05) is 18.2 Å². The smallest absolute Gasteiger partial charge is 0.300 e. The van der Waals surface area contributed by atoms with Crippen molar-refractivity contribution in [2.75, 3.05) is 7.11 Å². The zero-order valence-corrected chi connectivity index (χ0v) is 15.1. The van der Waals surface area contributed by atoms with Gasteiger partial charge in [0.25, 0.3) is 5.82 Å². The van der Waals surface area contributed by atoms with Crippen molar-refractivity contribution in [3.8, 4) is 5.75 Å². The highest BCUT2D eigenvalue weighted by molar-refractivity contribution is 7.99. The largest absolute Gasteiger partial charge is 0.497 e. The second-order valence-corrected chi connectivity index (χ2v) is 6.55. The molecular weight excluding hydrogens is 318 g/mol. The lowest BCUT2D eigenvalue weighted by atomic mass is 10.1. The number of benzene rings is 2. The van der Waals surface area contributed by atoms with Crippen molar-refractivity contribution in [2.24, 2.45) is 7.05 Å². The third-order valence-electron chi connectivity index (χ3n) is 3.90. The van der Waals surface area contributed by atoms with Gasteiger partial charge in [-0.2, -0.15) is 0 Å². The van der Waals surface area contributed by atoms with Crippen LogP contribution in [0.3, 0.4) is 0 Å². The van der Waals surface area contributed by atoms with Crippen LogP contribution in [0.25, 0.3) is 0 Å². The minimum Gasteiger partial charge on any atom is -0.497 e. The first-order valence-corrected chi connectivity index (χ1v) is 8.84. The van der Waals surface area contributed by atoms with Crippen molar-refractivity contribution >= 4 is 11.8 Å². The highest BCUT2D eigenvalue weighted by Crippen LogP contribution is 2.25. The van der Waals surface area contributed by atoms with E-state index in [4.69, 9.17) is 9.84 Å². The van der Waals surface area contributed by atoms with Crippen LogP contribution in [0, 0.1) is 0 Å². The standard InChI is InChI=1S/C19H22N3OS/c1-4-22-19(24-17-8-6-5-7-9-17)21(2)18(20-22)14-15-10-12-16(23-3)13-11-15/h5-13H,4,14H2,1-3H3/q+1. The Labute approximate surface area is 147 Å². The maximum Gasteiger partial charge on any atom is 0.300 e. The molecule has 0 aliphatic rings. The predicted octanol–water partition coefficient (Wildman–Crippen LogP) is 3.48. The van der Waals surface area contributed by atoms with Gasteiger partial charge in [-0.15, -0.1) is 4.68 Å². The third kappa shape index (κ3) is 3.62. The van der Waals surface area contributed by atoms with E-state index in [9.17, 15) is 0 Å². The number of hydrogen-bond donors (Lipinski definition) is 0. The SMILES string of the molecule is CCn1nc(Cc2ccc(OC)cc2)[n+](C)c1Sc1ccccc1. The average Bonchev–Trinajstić information content (AvgIpc) is 2.92. The lowest BCUT2D eigenvalue weighted by Crippen LogP contribution is -2.34. The third-order valence-corrected chi connectivity index (χ3v) is 5.08. The highest BCUT2D eigenvalue weighted by Gasteiger charge is 2.23. The summed E-state index contributed by atoms with van der Waals surface area (Å²) in [6.07, 6.45) is 0.801. The summed E-state index contributed by atoms with van der Waals surface area (Å²) >= 11 is 1.75. The van der Waals surface area contributed by atoms with Gasteiger partial charge in [-0.25, -0.2) is 4.57 Å². The lowest BCUT2D eigenvalue weighted by molar-refractivity contribution is -0.717. The van der Waals surface area contributed by atoms with Gasteiger partial charge in [0, 0.05) is 9.99 Å². The fraction of sp³-hybridized carbons (Fsp3) is 0.263.